The molecule has 2 aromatic heterocycles. The van der Waals surface area contributed by atoms with E-state index in [1.807, 2.05) is 61.7 Å². The van der Waals surface area contributed by atoms with Gasteiger partial charge in [0.05, 0.1) is 28.8 Å². The van der Waals surface area contributed by atoms with Crippen LogP contribution < -0.4 is 5.32 Å². The quantitative estimate of drug-likeness (QED) is 0.545. The SMILES string of the molecule is CCc1c(C(=O)Nc2cccc3[nH]ccc23)cnn1-c1cccc(Cl)c1. The Balaban J connectivity index is 1.69. The molecule has 0 bridgehead atoms. The zero-order valence-electron chi connectivity index (χ0n) is 14.2. The van der Waals surface area contributed by atoms with Gasteiger partial charge >= 0.3 is 0 Å². The molecule has 0 fully saturated rings. The molecule has 5 nitrogen and oxygen atoms in total. The highest BCUT2D eigenvalue weighted by Crippen LogP contribution is 2.24. The molecular weight excluding hydrogens is 348 g/mol. The molecule has 0 saturated carbocycles. The minimum atomic E-state index is -0.177. The highest BCUT2D eigenvalue weighted by atomic mass is 35.5. The van der Waals surface area contributed by atoms with Gasteiger partial charge in [-0.1, -0.05) is 30.7 Å². The van der Waals surface area contributed by atoms with Crippen LogP contribution in [0.4, 0.5) is 5.69 Å². The number of benzene rings is 2. The molecule has 130 valence electrons. The number of nitrogens with one attached hydrogen (secondary N) is 2. The maximum atomic E-state index is 12.9. The van der Waals surface area contributed by atoms with Gasteiger partial charge in [-0.3, -0.25) is 4.79 Å². The van der Waals surface area contributed by atoms with Crippen molar-refractivity contribution in [3.05, 3.63) is 77.2 Å². The zero-order valence-corrected chi connectivity index (χ0v) is 14.9. The summed E-state index contributed by atoms with van der Waals surface area (Å²) in [6, 6.07) is 15.1. The lowest BCUT2D eigenvalue weighted by atomic mass is 10.1. The largest absolute Gasteiger partial charge is 0.361 e. The van der Waals surface area contributed by atoms with E-state index >= 15 is 0 Å². The van der Waals surface area contributed by atoms with Crippen LogP contribution in [0.15, 0.2) is 60.9 Å². The number of halogens is 1. The first-order chi connectivity index (χ1) is 12.7. The lowest BCUT2D eigenvalue weighted by Crippen LogP contribution is -2.14. The Labute approximate surface area is 155 Å². The molecule has 0 atom stereocenters. The second-order valence-electron chi connectivity index (χ2n) is 5.95. The summed E-state index contributed by atoms with van der Waals surface area (Å²) in [7, 11) is 0. The highest BCUT2D eigenvalue weighted by Gasteiger charge is 2.18. The highest BCUT2D eigenvalue weighted by molar-refractivity contribution is 6.30. The number of nitrogens with zero attached hydrogens (tertiary/aromatic N) is 2. The van der Waals surface area contributed by atoms with Crippen LogP contribution in [0.3, 0.4) is 0 Å². The summed E-state index contributed by atoms with van der Waals surface area (Å²) in [4.78, 5) is 16.0. The Morgan fingerprint density at radius 1 is 1.23 bits per heavy atom. The standard InChI is InChI=1S/C20H17ClN4O/c1-2-19-16(12-23-25(19)14-6-3-5-13(21)11-14)20(26)24-18-8-4-7-17-15(18)9-10-22-17/h3-12,22H,2H2,1H3,(H,24,26). The number of amides is 1. The van der Waals surface area contributed by atoms with Crippen LogP contribution in [-0.4, -0.2) is 20.7 Å². The monoisotopic (exact) mass is 364 g/mol. The third-order valence-electron chi connectivity index (χ3n) is 4.34. The van der Waals surface area contributed by atoms with Crippen molar-refractivity contribution >= 4 is 34.1 Å². The molecule has 6 heteroatoms. The van der Waals surface area contributed by atoms with Gasteiger partial charge in [-0.25, -0.2) is 4.68 Å². The van der Waals surface area contributed by atoms with E-state index in [2.05, 4.69) is 15.4 Å². The number of carbonyl (C=O) groups excluding carboxylic acids is 1. The van der Waals surface area contributed by atoms with E-state index in [-0.39, 0.29) is 5.91 Å². The van der Waals surface area contributed by atoms with Gasteiger partial charge in [0.1, 0.15) is 0 Å². The number of H-pyrrole nitrogens is 1. The molecule has 4 rings (SSSR count). The van der Waals surface area contributed by atoms with Gasteiger partial charge in [0.2, 0.25) is 0 Å². The summed E-state index contributed by atoms with van der Waals surface area (Å²) in [5, 5.41) is 9.01. The van der Waals surface area contributed by atoms with Gasteiger partial charge in [0, 0.05) is 22.1 Å². The van der Waals surface area contributed by atoms with Crippen LogP contribution in [0.5, 0.6) is 0 Å². The van der Waals surface area contributed by atoms with Crippen LogP contribution in [0.25, 0.3) is 16.6 Å². The summed E-state index contributed by atoms with van der Waals surface area (Å²) in [6.07, 6.45) is 4.13. The smallest absolute Gasteiger partial charge is 0.259 e. The first-order valence-electron chi connectivity index (χ1n) is 8.37. The molecule has 0 aliphatic carbocycles. The Morgan fingerprint density at radius 2 is 2.08 bits per heavy atom. The number of hydrogen-bond acceptors (Lipinski definition) is 2. The van der Waals surface area contributed by atoms with Crippen molar-refractivity contribution in [3.8, 4) is 5.69 Å². The molecule has 0 unspecified atom stereocenters. The van der Waals surface area contributed by atoms with E-state index in [0.29, 0.717) is 17.0 Å². The average molecular weight is 365 g/mol. The fourth-order valence-electron chi connectivity index (χ4n) is 3.12. The van der Waals surface area contributed by atoms with Crippen molar-refractivity contribution in [2.75, 3.05) is 5.32 Å². The molecule has 26 heavy (non-hydrogen) atoms. The van der Waals surface area contributed by atoms with Gasteiger partial charge < -0.3 is 10.3 Å². The fourth-order valence-corrected chi connectivity index (χ4v) is 3.30. The van der Waals surface area contributed by atoms with Crippen molar-refractivity contribution in [2.24, 2.45) is 0 Å². The maximum Gasteiger partial charge on any atom is 0.259 e. The third-order valence-corrected chi connectivity index (χ3v) is 4.58. The lowest BCUT2D eigenvalue weighted by Gasteiger charge is -2.09. The van der Waals surface area contributed by atoms with Gasteiger partial charge in [0.25, 0.3) is 5.91 Å². The first kappa shape index (κ1) is 16.4. The summed E-state index contributed by atoms with van der Waals surface area (Å²) >= 11 is 6.09. The summed E-state index contributed by atoms with van der Waals surface area (Å²) in [6.45, 7) is 2.00. The van der Waals surface area contributed by atoms with Gasteiger partial charge in [-0.2, -0.15) is 5.10 Å². The lowest BCUT2D eigenvalue weighted by molar-refractivity contribution is 0.102. The molecule has 0 saturated heterocycles. The van der Waals surface area contributed by atoms with Crippen LogP contribution in [0, 0.1) is 0 Å². The molecule has 1 amide bonds. The molecule has 2 heterocycles. The molecular formula is C20H17ClN4O. The molecule has 0 aliphatic rings. The summed E-state index contributed by atoms with van der Waals surface area (Å²) < 4.78 is 1.76. The van der Waals surface area contributed by atoms with Crippen molar-refractivity contribution in [2.45, 2.75) is 13.3 Å². The number of anilines is 1. The Hall–Kier alpha value is -3.05. The Morgan fingerprint density at radius 3 is 2.88 bits per heavy atom. The number of aromatic amines is 1. The molecule has 0 spiro atoms. The van der Waals surface area contributed by atoms with Crippen LogP contribution >= 0.6 is 11.6 Å². The predicted molar refractivity (Wildman–Crippen MR) is 104 cm³/mol. The summed E-state index contributed by atoms with van der Waals surface area (Å²) in [5.74, 6) is -0.177. The van der Waals surface area contributed by atoms with Gasteiger partial charge in [-0.05, 0) is 42.8 Å². The predicted octanol–water partition coefficient (Wildman–Crippen LogP) is 4.82. The number of rotatable bonds is 4. The average Bonchev–Trinajstić information content (AvgIpc) is 3.28. The van der Waals surface area contributed by atoms with E-state index in [1.54, 1.807) is 10.9 Å². The van der Waals surface area contributed by atoms with E-state index in [1.165, 1.54) is 0 Å². The zero-order chi connectivity index (χ0) is 18.1. The second kappa shape index (κ2) is 6.69. The number of carbonyl (C=O) groups is 1. The van der Waals surface area contributed by atoms with Crippen LogP contribution in [0.2, 0.25) is 5.02 Å². The minimum Gasteiger partial charge on any atom is -0.361 e. The molecule has 2 N–H and O–H groups in total. The Bertz CT molecular complexity index is 1100. The number of hydrogen-bond donors (Lipinski definition) is 2. The second-order valence-corrected chi connectivity index (χ2v) is 6.39. The topological polar surface area (TPSA) is 62.7 Å². The van der Waals surface area contributed by atoms with E-state index < -0.39 is 0 Å². The van der Waals surface area contributed by atoms with Crippen molar-refractivity contribution < 1.29 is 4.79 Å². The van der Waals surface area contributed by atoms with Crippen molar-refractivity contribution in [1.82, 2.24) is 14.8 Å². The van der Waals surface area contributed by atoms with Crippen LogP contribution in [-0.2, 0) is 6.42 Å². The third kappa shape index (κ3) is 2.86. The normalized spacial score (nSPS) is 11.0. The van der Waals surface area contributed by atoms with Gasteiger partial charge in [0.15, 0.2) is 0 Å². The molecule has 0 radical (unpaired) electrons. The molecule has 0 aliphatic heterocycles. The van der Waals surface area contributed by atoms with Crippen molar-refractivity contribution in [1.29, 1.82) is 0 Å². The summed E-state index contributed by atoms with van der Waals surface area (Å²) in [5.41, 5.74) is 3.98. The van der Waals surface area contributed by atoms with E-state index in [0.717, 1.165) is 28.0 Å². The Kier molecular flexibility index (Phi) is 4.22. The minimum absolute atomic E-state index is 0.177. The van der Waals surface area contributed by atoms with Gasteiger partial charge in [-0.15, -0.1) is 0 Å². The van der Waals surface area contributed by atoms with E-state index in [4.69, 9.17) is 11.6 Å². The molecule has 2 aromatic carbocycles. The maximum absolute atomic E-state index is 12.9. The number of aromatic nitrogens is 3. The molecule has 4 aromatic rings. The first-order valence-corrected chi connectivity index (χ1v) is 8.75. The fraction of sp³-hybridized carbons (Fsp3) is 0.100. The van der Waals surface area contributed by atoms with E-state index in [9.17, 15) is 4.79 Å². The van der Waals surface area contributed by atoms with Crippen molar-refractivity contribution in [3.63, 3.8) is 0 Å². The number of fused-ring (bicyclic) bond motifs is 1. The van der Waals surface area contributed by atoms with Crippen LogP contribution in [0.1, 0.15) is 23.0 Å².